The smallest absolute Gasteiger partial charge is 0.241 e. The lowest BCUT2D eigenvalue weighted by atomic mass is 9.93. The van der Waals surface area contributed by atoms with Crippen LogP contribution in [0.5, 0.6) is 0 Å². The summed E-state index contributed by atoms with van der Waals surface area (Å²) in [5.74, 6) is 0. The average molecular weight is 285 g/mol. The van der Waals surface area contributed by atoms with Crippen LogP contribution in [-0.4, -0.2) is 4.98 Å². The largest absolute Gasteiger partial charge is 0.417 e. The van der Waals surface area contributed by atoms with Crippen LogP contribution in [0, 0.1) is 0 Å². The molecule has 0 saturated heterocycles. The standard InChI is InChI=1S/C14H14F3NS/c1-13(2,3)11-8-19-12(18-11)9-6-4-5-7-10(9)14(15,16)17/h4-8H,1-3H3. The Morgan fingerprint density at radius 2 is 1.68 bits per heavy atom. The molecule has 0 spiro atoms. The fourth-order valence-electron chi connectivity index (χ4n) is 1.66. The van der Waals surface area contributed by atoms with Crippen molar-refractivity contribution in [2.45, 2.75) is 32.4 Å². The van der Waals surface area contributed by atoms with E-state index in [9.17, 15) is 13.2 Å². The Balaban J connectivity index is 2.52. The Kier molecular flexibility index (Phi) is 3.43. The van der Waals surface area contributed by atoms with Crippen molar-refractivity contribution in [2.75, 3.05) is 0 Å². The normalized spacial score (nSPS) is 12.7. The SMILES string of the molecule is CC(C)(C)c1csc(-c2ccccc2C(F)(F)F)n1. The molecule has 1 aromatic heterocycles. The Hall–Kier alpha value is -1.36. The van der Waals surface area contributed by atoms with Crippen LogP contribution in [0.4, 0.5) is 13.2 Å². The summed E-state index contributed by atoms with van der Waals surface area (Å²) in [5.41, 5.74) is 0.159. The van der Waals surface area contributed by atoms with Gasteiger partial charge in [-0.2, -0.15) is 13.2 Å². The van der Waals surface area contributed by atoms with Crippen LogP contribution in [0.1, 0.15) is 32.0 Å². The van der Waals surface area contributed by atoms with Crippen molar-refractivity contribution in [2.24, 2.45) is 0 Å². The first-order valence-corrected chi connectivity index (χ1v) is 6.70. The quantitative estimate of drug-likeness (QED) is 0.708. The van der Waals surface area contributed by atoms with Gasteiger partial charge in [0.1, 0.15) is 5.01 Å². The van der Waals surface area contributed by atoms with E-state index in [0.29, 0.717) is 5.01 Å². The van der Waals surface area contributed by atoms with E-state index in [1.165, 1.54) is 23.5 Å². The summed E-state index contributed by atoms with van der Waals surface area (Å²) in [6.07, 6.45) is -4.36. The first-order chi connectivity index (χ1) is 8.69. The van der Waals surface area contributed by atoms with Crippen LogP contribution < -0.4 is 0 Å². The number of aromatic nitrogens is 1. The highest BCUT2D eigenvalue weighted by atomic mass is 32.1. The van der Waals surface area contributed by atoms with E-state index in [1.807, 2.05) is 26.2 Å². The highest BCUT2D eigenvalue weighted by molar-refractivity contribution is 7.13. The van der Waals surface area contributed by atoms with E-state index >= 15 is 0 Å². The van der Waals surface area contributed by atoms with E-state index in [2.05, 4.69) is 4.98 Å². The molecule has 2 aromatic rings. The Bertz CT molecular complexity index is 579. The van der Waals surface area contributed by atoms with Crippen molar-refractivity contribution in [3.63, 3.8) is 0 Å². The maximum absolute atomic E-state index is 13.0. The summed E-state index contributed by atoms with van der Waals surface area (Å²) in [5, 5.41) is 2.24. The van der Waals surface area contributed by atoms with E-state index < -0.39 is 11.7 Å². The highest BCUT2D eigenvalue weighted by Crippen LogP contribution is 2.38. The fraction of sp³-hybridized carbons (Fsp3) is 0.357. The van der Waals surface area contributed by atoms with Gasteiger partial charge in [0.2, 0.25) is 0 Å². The zero-order chi connectivity index (χ0) is 14.3. The first kappa shape index (κ1) is 14.1. The van der Waals surface area contributed by atoms with Gasteiger partial charge in [0.05, 0.1) is 11.3 Å². The molecular weight excluding hydrogens is 271 g/mol. The van der Waals surface area contributed by atoms with E-state index in [-0.39, 0.29) is 11.0 Å². The second-order valence-electron chi connectivity index (χ2n) is 5.33. The summed E-state index contributed by atoms with van der Waals surface area (Å²) in [7, 11) is 0. The van der Waals surface area contributed by atoms with Crippen molar-refractivity contribution < 1.29 is 13.2 Å². The zero-order valence-corrected chi connectivity index (χ0v) is 11.7. The number of benzene rings is 1. The molecule has 1 aromatic carbocycles. The van der Waals surface area contributed by atoms with Gasteiger partial charge >= 0.3 is 6.18 Å². The van der Waals surface area contributed by atoms with Crippen LogP contribution in [0.15, 0.2) is 29.6 Å². The molecule has 1 nitrogen and oxygen atoms in total. The van der Waals surface area contributed by atoms with Crippen molar-refractivity contribution in [1.29, 1.82) is 0 Å². The molecule has 102 valence electrons. The minimum Gasteiger partial charge on any atom is -0.241 e. The number of thiazole rings is 1. The third-order valence-electron chi connectivity index (χ3n) is 2.74. The second kappa shape index (κ2) is 4.63. The minimum atomic E-state index is -4.36. The van der Waals surface area contributed by atoms with Crippen molar-refractivity contribution in [3.8, 4) is 10.6 Å². The molecule has 0 N–H and O–H groups in total. The van der Waals surface area contributed by atoms with Gasteiger partial charge in [0.15, 0.2) is 0 Å². The molecule has 1 heterocycles. The molecule has 0 saturated carbocycles. The van der Waals surface area contributed by atoms with Gasteiger partial charge in [-0.05, 0) is 6.07 Å². The van der Waals surface area contributed by atoms with Crippen molar-refractivity contribution in [3.05, 3.63) is 40.9 Å². The third kappa shape index (κ3) is 2.97. The lowest BCUT2D eigenvalue weighted by Gasteiger charge is -2.14. The molecule has 0 unspecified atom stereocenters. The fourth-order valence-corrected chi connectivity index (χ4v) is 2.74. The number of nitrogens with zero attached hydrogens (tertiary/aromatic N) is 1. The summed E-state index contributed by atoms with van der Waals surface area (Å²) < 4.78 is 38.9. The number of halogens is 3. The van der Waals surface area contributed by atoms with Gasteiger partial charge in [-0.15, -0.1) is 11.3 Å². The Morgan fingerprint density at radius 3 is 2.21 bits per heavy atom. The number of hydrogen-bond donors (Lipinski definition) is 0. The van der Waals surface area contributed by atoms with Crippen LogP contribution in [-0.2, 0) is 11.6 Å². The molecule has 0 radical (unpaired) electrons. The molecule has 0 amide bonds. The molecule has 0 aliphatic carbocycles. The predicted octanol–water partition coefficient (Wildman–Crippen LogP) is 5.13. The molecular formula is C14H14F3NS. The lowest BCUT2D eigenvalue weighted by molar-refractivity contribution is -0.137. The van der Waals surface area contributed by atoms with Gasteiger partial charge in [-0.3, -0.25) is 0 Å². The van der Waals surface area contributed by atoms with Gasteiger partial charge in [0.25, 0.3) is 0 Å². The van der Waals surface area contributed by atoms with E-state index in [1.54, 1.807) is 6.07 Å². The van der Waals surface area contributed by atoms with Gasteiger partial charge in [-0.1, -0.05) is 39.0 Å². The summed E-state index contributed by atoms with van der Waals surface area (Å²) >= 11 is 1.25. The van der Waals surface area contributed by atoms with Crippen molar-refractivity contribution >= 4 is 11.3 Å². The molecule has 0 fully saturated rings. The Morgan fingerprint density at radius 1 is 1.05 bits per heavy atom. The summed E-state index contributed by atoms with van der Waals surface area (Å²) in [6, 6.07) is 5.55. The molecule has 2 rings (SSSR count). The summed E-state index contributed by atoms with van der Waals surface area (Å²) in [4.78, 5) is 4.34. The number of alkyl halides is 3. The monoisotopic (exact) mass is 285 g/mol. The topological polar surface area (TPSA) is 12.9 Å². The van der Waals surface area contributed by atoms with Gasteiger partial charge < -0.3 is 0 Å². The van der Waals surface area contributed by atoms with Crippen LogP contribution in [0.25, 0.3) is 10.6 Å². The summed E-state index contributed by atoms with van der Waals surface area (Å²) in [6.45, 7) is 5.96. The molecule has 19 heavy (non-hydrogen) atoms. The molecule has 0 aliphatic rings. The molecule has 0 aliphatic heterocycles. The third-order valence-corrected chi connectivity index (χ3v) is 3.61. The first-order valence-electron chi connectivity index (χ1n) is 5.82. The van der Waals surface area contributed by atoms with Crippen LogP contribution >= 0.6 is 11.3 Å². The molecule has 0 bridgehead atoms. The average Bonchev–Trinajstić information content (AvgIpc) is 2.76. The predicted molar refractivity (Wildman–Crippen MR) is 71.3 cm³/mol. The van der Waals surface area contributed by atoms with Gasteiger partial charge in [-0.25, -0.2) is 4.98 Å². The van der Waals surface area contributed by atoms with Crippen molar-refractivity contribution in [1.82, 2.24) is 4.98 Å². The second-order valence-corrected chi connectivity index (χ2v) is 6.19. The van der Waals surface area contributed by atoms with E-state index in [0.717, 1.165) is 11.8 Å². The maximum atomic E-state index is 13.0. The van der Waals surface area contributed by atoms with Crippen LogP contribution in [0.2, 0.25) is 0 Å². The zero-order valence-electron chi connectivity index (χ0n) is 10.9. The number of hydrogen-bond acceptors (Lipinski definition) is 2. The molecule has 0 atom stereocenters. The minimum absolute atomic E-state index is 0.149. The molecule has 5 heteroatoms. The Labute approximate surface area is 114 Å². The maximum Gasteiger partial charge on any atom is 0.417 e. The van der Waals surface area contributed by atoms with Crippen LogP contribution in [0.3, 0.4) is 0 Å². The lowest BCUT2D eigenvalue weighted by Crippen LogP contribution is -2.11. The van der Waals surface area contributed by atoms with E-state index in [4.69, 9.17) is 0 Å². The number of rotatable bonds is 1. The highest BCUT2D eigenvalue weighted by Gasteiger charge is 2.34. The van der Waals surface area contributed by atoms with Gasteiger partial charge in [0, 0.05) is 16.4 Å².